The van der Waals surface area contributed by atoms with Crippen molar-refractivity contribution in [3.8, 4) is 0 Å². The van der Waals surface area contributed by atoms with Crippen LogP contribution in [0.15, 0.2) is 29.6 Å². The molecule has 2 aromatic rings. The Hall–Kier alpha value is -2.81. The molecule has 0 spiro atoms. The molecular weight excluding hydrogens is 394 g/mol. The number of carbonyl (C=O) groups excluding carboxylic acids is 2. The van der Waals surface area contributed by atoms with Gasteiger partial charge >= 0.3 is 5.97 Å². The van der Waals surface area contributed by atoms with Crippen molar-refractivity contribution in [2.45, 2.75) is 44.9 Å². The summed E-state index contributed by atoms with van der Waals surface area (Å²) >= 11 is 1.16. The molecule has 1 fully saturated rings. The molecule has 154 valence electrons. The Balaban J connectivity index is 1.76. The molecule has 1 aromatic carbocycles. The lowest BCUT2D eigenvalue weighted by Gasteiger charge is -2.20. The molecule has 1 amide bonds. The van der Waals surface area contributed by atoms with Crippen LogP contribution >= 0.6 is 11.3 Å². The van der Waals surface area contributed by atoms with E-state index in [1.54, 1.807) is 24.4 Å². The first kappa shape index (κ1) is 20.9. The van der Waals surface area contributed by atoms with Crippen molar-refractivity contribution in [2.24, 2.45) is 5.92 Å². The van der Waals surface area contributed by atoms with E-state index in [0.717, 1.165) is 42.6 Å². The Morgan fingerprint density at radius 1 is 1.31 bits per heavy atom. The second-order valence-electron chi connectivity index (χ2n) is 7.04. The summed E-state index contributed by atoms with van der Waals surface area (Å²) in [4.78, 5) is 39.4. The van der Waals surface area contributed by atoms with E-state index < -0.39 is 16.8 Å². The van der Waals surface area contributed by atoms with Crippen LogP contribution in [0.1, 0.15) is 61.0 Å². The molecule has 0 aliphatic heterocycles. The lowest BCUT2D eigenvalue weighted by molar-refractivity contribution is -0.384. The fraction of sp³-hybridized carbons (Fsp3) is 0.450. The van der Waals surface area contributed by atoms with E-state index in [-0.39, 0.29) is 23.9 Å². The van der Waals surface area contributed by atoms with Crippen molar-refractivity contribution in [2.75, 3.05) is 11.9 Å². The normalized spacial score (nSPS) is 15.1. The SMILES string of the molecule is CCOC(=O)c1csc(NC(=O)C(CC2CCCC2)c2ccc([N+](=O)[O-])cc2)n1. The van der Waals surface area contributed by atoms with Gasteiger partial charge in [-0.25, -0.2) is 9.78 Å². The number of ether oxygens (including phenoxy) is 1. The third kappa shape index (κ3) is 5.38. The molecule has 1 aromatic heterocycles. The molecule has 1 saturated carbocycles. The number of nitro benzene ring substituents is 1. The highest BCUT2D eigenvalue weighted by atomic mass is 32.1. The topological polar surface area (TPSA) is 111 Å². The van der Waals surface area contributed by atoms with Gasteiger partial charge in [0.25, 0.3) is 5.69 Å². The molecule has 1 N–H and O–H groups in total. The molecule has 1 aliphatic carbocycles. The zero-order valence-electron chi connectivity index (χ0n) is 16.1. The summed E-state index contributed by atoms with van der Waals surface area (Å²) in [5, 5.41) is 15.6. The van der Waals surface area contributed by atoms with E-state index in [2.05, 4.69) is 10.3 Å². The standard InChI is InChI=1S/C20H23N3O5S/c1-2-28-19(25)17-12-29-20(21-17)22-18(24)16(11-13-5-3-4-6-13)14-7-9-15(10-8-14)23(26)27/h7-10,12-13,16H,2-6,11H2,1H3,(H,21,22,24). The van der Waals surface area contributed by atoms with Crippen molar-refractivity contribution < 1.29 is 19.2 Å². The number of nitro groups is 1. The number of benzene rings is 1. The molecule has 3 rings (SSSR count). The summed E-state index contributed by atoms with van der Waals surface area (Å²) in [7, 11) is 0. The van der Waals surface area contributed by atoms with Gasteiger partial charge in [-0.15, -0.1) is 11.3 Å². The molecule has 29 heavy (non-hydrogen) atoms. The number of non-ortho nitro benzene ring substituents is 1. The molecule has 0 radical (unpaired) electrons. The minimum absolute atomic E-state index is 0.00669. The predicted molar refractivity (Wildman–Crippen MR) is 109 cm³/mol. The first-order valence-corrected chi connectivity index (χ1v) is 10.5. The van der Waals surface area contributed by atoms with Gasteiger partial charge < -0.3 is 10.1 Å². The summed E-state index contributed by atoms with van der Waals surface area (Å²) in [6.45, 7) is 1.96. The lowest BCUT2D eigenvalue weighted by Crippen LogP contribution is -2.23. The molecule has 0 bridgehead atoms. The van der Waals surface area contributed by atoms with E-state index in [4.69, 9.17) is 4.74 Å². The maximum Gasteiger partial charge on any atom is 0.357 e. The van der Waals surface area contributed by atoms with E-state index in [1.165, 1.54) is 12.1 Å². The summed E-state index contributed by atoms with van der Waals surface area (Å²) in [5.74, 6) is -0.737. The fourth-order valence-corrected chi connectivity index (χ4v) is 4.31. The number of hydrogen-bond donors (Lipinski definition) is 1. The molecule has 8 nitrogen and oxygen atoms in total. The van der Waals surface area contributed by atoms with Gasteiger partial charge in [0.2, 0.25) is 5.91 Å². The minimum Gasteiger partial charge on any atom is -0.461 e. The van der Waals surface area contributed by atoms with Crippen molar-refractivity contribution >= 4 is 34.0 Å². The van der Waals surface area contributed by atoms with E-state index in [1.807, 2.05) is 0 Å². The van der Waals surface area contributed by atoms with Crippen molar-refractivity contribution in [3.63, 3.8) is 0 Å². The highest BCUT2D eigenvalue weighted by Gasteiger charge is 2.28. The molecule has 1 aliphatic rings. The Morgan fingerprint density at radius 2 is 2.00 bits per heavy atom. The number of anilines is 1. The average Bonchev–Trinajstić information content (AvgIpc) is 3.38. The van der Waals surface area contributed by atoms with Crippen LogP contribution in [0.4, 0.5) is 10.8 Å². The number of nitrogens with one attached hydrogen (secondary N) is 1. The molecule has 1 atom stereocenters. The van der Waals surface area contributed by atoms with Crippen LogP contribution in [-0.4, -0.2) is 28.4 Å². The van der Waals surface area contributed by atoms with Crippen LogP contribution in [0.25, 0.3) is 0 Å². The number of carbonyl (C=O) groups is 2. The van der Waals surface area contributed by atoms with Gasteiger partial charge in [0.15, 0.2) is 10.8 Å². The number of hydrogen-bond acceptors (Lipinski definition) is 7. The van der Waals surface area contributed by atoms with Crippen molar-refractivity contribution in [1.82, 2.24) is 4.98 Å². The van der Waals surface area contributed by atoms with Gasteiger partial charge in [0.1, 0.15) is 0 Å². The van der Waals surface area contributed by atoms with Crippen LogP contribution in [0.5, 0.6) is 0 Å². The van der Waals surface area contributed by atoms with Crippen LogP contribution < -0.4 is 5.32 Å². The quantitative estimate of drug-likeness (QED) is 0.384. The van der Waals surface area contributed by atoms with Gasteiger partial charge in [-0.3, -0.25) is 14.9 Å². The van der Waals surface area contributed by atoms with Crippen LogP contribution in [0.3, 0.4) is 0 Å². The number of aromatic nitrogens is 1. The predicted octanol–water partition coefficient (Wildman–Crippen LogP) is 4.53. The summed E-state index contributed by atoms with van der Waals surface area (Å²) < 4.78 is 4.92. The Morgan fingerprint density at radius 3 is 2.62 bits per heavy atom. The molecule has 1 unspecified atom stereocenters. The summed E-state index contributed by atoms with van der Waals surface area (Å²) in [5.41, 5.74) is 0.893. The maximum atomic E-state index is 13.0. The van der Waals surface area contributed by atoms with Gasteiger partial charge in [-0.1, -0.05) is 37.8 Å². The monoisotopic (exact) mass is 417 g/mol. The van der Waals surface area contributed by atoms with Gasteiger partial charge in [0, 0.05) is 17.5 Å². The third-order valence-electron chi connectivity index (χ3n) is 5.09. The van der Waals surface area contributed by atoms with Gasteiger partial charge in [0.05, 0.1) is 17.4 Å². The summed E-state index contributed by atoms with van der Waals surface area (Å²) in [6.07, 6.45) is 5.17. The maximum absolute atomic E-state index is 13.0. The number of nitrogens with zero attached hydrogens (tertiary/aromatic N) is 2. The van der Waals surface area contributed by atoms with Crippen molar-refractivity contribution in [1.29, 1.82) is 0 Å². The highest BCUT2D eigenvalue weighted by Crippen LogP contribution is 2.35. The smallest absolute Gasteiger partial charge is 0.357 e. The van der Waals surface area contributed by atoms with Crippen LogP contribution in [0, 0.1) is 16.0 Å². The zero-order chi connectivity index (χ0) is 20.8. The van der Waals surface area contributed by atoms with Crippen LogP contribution in [-0.2, 0) is 9.53 Å². The van der Waals surface area contributed by atoms with E-state index in [0.29, 0.717) is 17.5 Å². The largest absolute Gasteiger partial charge is 0.461 e. The average molecular weight is 417 g/mol. The first-order valence-electron chi connectivity index (χ1n) is 9.65. The number of thiazole rings is 1. The highest BCUT2D eigenvalue weighted by molar-refractivity contribution is 7.14. The summed E-state index contributed by atoms with van der Waals surface area (Å²) in [6, 6.07) is 6.13. The van der Waals surface area contributed by atoms with Crippen molar-refractivity contribution in [3.05, 3.63) is 51.0 Å². The fourth-order valence-electron chi connectivity index (χ4n) is 3.62. The Bertz CT molecular complexity index is 874. The Kier molecular flexibility index (Phi) is 6.92. The van der Waals surface area contributed by atoms with Gasteiger partial charge in [-0.05, 0) is 24.8 Å². The third-order valence-corrected chi connectivity index (χ3v) is 5.84. The lowest BCUT2D eigenvalue weighted by atomic mass is 9.87. The number of rotatable bonds is 8. The Labute approximate surface area is 172 Å². The zero-order valence-corrected chi connectivity index (χ0v) is 16.9. The number of esters is 1. The molecule has 0 saturated heterocycles. The second kappa shape index (κ2) is 9.60. The molecule has 1 heterocycles. The van der Waals surface area contributed by atoms with E-state index >= 15 is 0 Å². The van der Waals surface area contributed by atoms with Crippen LogP contribution in [0.2, 0.25) is 0 Å². The first-order chi connectivity index (χ1) is 14.0. The second-order valence-corrected chi connectivity index (χ2v) is 7.89. The molecule has 9 heteroatoms. The minimum atomic E-state index is -0.526. The van der Waals surface area contributed by atoms with Gasteiger partial charge in [-0.2, -0.15) is 0 Å². The molecular formula is C20H23N3O5S. The number of amides is 1. The van der Waals surface area contributed by atoms with E-state index in [9.17, 15) is 19.7 Å².